The molecule has 0 saturated heterocycles. The molecule has 1 heterocycles. The third-order valence-corrected chi connectivity index (χ3v) is 5.95. The van der Waals surface area contributed by atoms with Crippen LogP contribution >= 0.6 is 35.0 Å². The van der Waals surface area contributed by atoms with Gasteiger partial charge in [-0.25, -0.2) is 4.98 Å². The lowest BCUT2D eigenvalue weighted by molar-refractivity contribution is -0.410. The van der Waals surface area contributed by atoms with Crippen LogP contribution in [0.5, 0.6) is 5.75 Å². The van der Waals surface area contributed by atoms with Gasteiger partial charge in [0.05, 0.1) is 15.8 Å². The molecule has 0 amide bonds. The second-order valence-corrected chi connectivity index (χ2v) is 7.90. The Kier molecular flexibility index (Phi) is 6.49. The Morgan fingerprint density at radius 2 is 1.73 bits per heavy atom. The Labute approximate surface area is 186 Å². The first-order chi connectivity index (χ1) is 14.3. The number of thioether (sulfide) groups is 1. The van der Waals surface area contributed by atoms with Crippen molar-refractivity contribution in [3.63, 3.8) is 0 Å². The minimum atomic E-state index is -0.218. The third-order valence-electron chi connectivity index (χ3n) is 4.21. The van der Waals surface area contributed by atoms with Crippen molar-refractivity contribution in [3.8, 4) is 29.0 Å². The number of aromatic amines is 1. The molecule has 0 radical (unpaired) electrons. The first-order valence-electron chi connectivity index (χ1n) is 8.45. The van der Waals surface area contributed by atoms with Gasteiger partial charge in [-0.15, -0.1) is 0 Å². The molecule has 0 aliphatic heterocycles. The van der Waals surface area contributed by atoms with E-state index < -0.39 is 0 Å². The zero-order chi connectivity index (χ0) is 21.8. The van der Waals surface area contributed by atoms with Crippen molar-refractivity contribution in [3.05, 3.63) is 69.2 Å². The lowest BCUT2D eigenvalue weighted by Crippen LogP contribution is -2.19. The molecule has 0 bridgehead atoms. The van der Waals surface area contributed by atoms with Crippen LogP contribution in [0.1, 0.15) is 21.5 Å². The van der Waals surface area contributed by atoms with Crippen molar-refractivity contribution >= 4 is 46.6 Å². The monoisotopic (exact) mass is 455 g/mol. The van der Waals surface area contributed by atoms with E-state index in [2.05, 4.69) is 11.1 Å². The van der Waals surface area contributed by atoms with E-state index in [1.807, 2.05) is 6.07 Å². The number of halogens is 2. The fraction of sp³-hybridized carbons (Fsp3) is 0.0476. The molecule has 30 heavy (non-hydrogen) atoms. The molecule has 0 atom stereocenters. The van der Waals surface area contributed by atoms with Crippen LogP contribution in [-0.4, -0.2) is 16.6 Å². The molecule has 0 aliphatic carbocycles. The lowest BCUT2D eigenvalue weighted by atomic mass is 9.97. The molecule has 9 heteroatoms. The third kappa shape index (κ3) is 4.34. The predicted molar refractivity (Wildman–Crippen MR) is 115 cm³/mol. The molecule has 0 unspecified atom stereocenters. The summed E-state index contributed by atoms with van der Waals surface area (Å²) in [5.41, 5.74) is 7.56. The summed E-state index contributed by atoms with van der Waals surface area (Å²) in [7, 11) is 0. The van der Waals surface area contributed by atoms with E-state index in [-0.39, 0.29) is 39.3 Å². The quantitative estimate of drug-likeness (QED) is 0.431. The van der Waals surface area contributed by atoms with Gasteiger partial charge in [-0.1, -0.05) is 47.1 Å². The number of pyridine rings is 1. The van der Waals surface area contributed by atoms with E-state index >= 15 is 0 Å². The maximum absolute atomic E-state index is 12.6. The van der Waals surface area contributed by atoms with Crippen LogP contribution in [0.15, 0.2) is 47.5 Å². The molecule has 0 fully saturated rings. The summed E-state index contributed by atoms with van der Waals surface area (Å²) in [6.45, 7) is 0. The molecule has 2 aromatic carbocycles. The number of nitrogen functional groups attached to an aromatic ring is 1. The number of benzene rings is 2. The number of aromatic nitrogens is 1. The van der Waals surface area contributed by atoms with Gasteiger partial charge in [-0.2, -0.15) is 10.5 Å². The van der Waals surface area contributed by atoms with Crippen LogP contribution in [0.2, 0.25) is 10.0 Å². The minimum Gasteiger partial charge on any atom is -0.508 e. The molecule has 1 aromatic heterocycles. The van der Waals surface area contributed by atoms with Crippen molar-refractivity contribution in [2.45, 2.75) is 5.03 Å². The number of carbonyl (C=O) groups excluding carboxylic acids is 1. The van der Waals surface area contributed by atoms with Gasteiger partial charge in [0.25, 0.3) is 5.82 Å². The van der Waals surface area contributed by atoms with Gasteiger partial charge >= 0.3 is 0 Å². The molecule has 6 nitrogen and oxygen atoms in total. The molecular formula is C21H13Cl2N4O2S+. The van der Waals surface area contributed by atoms with Crippen molar-refractivity contribution < 1.29 is 14.9 Å². The normalized spacial score (nSPS) is 10.3. The maximum Gasteiger partial charge on any atom is 0.289 e. The number of rotatable bonds is 5. The Bertz CT molecular complexity index is 1230. The number of carbonyl (C=O) groups is 1. The molecule has 4 N–H and O–H groups in total. The molecular weight excluding hydrogens is 443 g/mol. The summed E-state index contributed by atoms with van der Waals surface area (Å²) in [5.74, 6) is -0.0918. The second-order valence-electron chi connectivity index (χ2n) is 6.10. The van der Waals surface area contributed by atoms with Crippen LogP contribution in [0, 0.1) is 22.7 Å². The van der Waals surface area contributed by atoms with Gasteiger partial charge in [0.2, 0.25) is 0 Å². The number of ketones is 1. The van der Waals surface area contributed by atoms with Gasteiger partial charge in [-0.3, -0.25) is 10.5 Å². The zero-order valence-electron chi connectivity index (χ0n) is 15.2. The highest BCUT2D eigenvalue weighted by Gasteiger charge is 2.24. The number of phenols is 1. The number of Topliss-reactive ketones (excluding diaryl/α,β-unsaturated/α-hetero) is 1. The minimum absolute atomic E-state index is 0.00347. The number of hydrogen-bond acceptors (Lipinski definition) is 6. The number of anilines is 1. The Morgan fingerprint density at radius 3 is 2.33 bits per heavy atom. The molecule has 0 aliphatic rings. The van der Waals surface area contributed by atoms with E-state index in [0.29, 0.717) is 26.7 Å². The SMILES string of the molecule is N#Cc1c(N)[nH+]c(SCC(=O)c2ccc(Cl)c(Cl)c2)c(C#N)c1-c1ccc(O)cc1. The summed E-state index contributed by atoms with van der Waals surface area (Å²) in [6, 6.07) is 14.8. The average Bonchev–Trinajstić information content (AvgIpc) is 2.74. The molecule has 148 valence electrons. The van der Waals surface area contributed by atoms with Crippen LogP contribution in [0.4, 0.5) is 5.82 Å². The number of nitrogens with two attached hydrogens (primary N) is 1. The van der Waals surface area contributed by atoms with Crippen molar-refractivity contribution in [2.75, 3.05) is 11.5 Å². The Morgan fingerprint density at radius 1 is 1.07 bits per heavy atom. The summed E-state index contributed by atoms with van der Waals surface area (Å²) in [6.07, 6.45) is 0. The Balaban J connectivity index is 2.00. The van der Waals surface area contributed by atoms with Crippen LogP contribution in [0.3, 0.4) is 0 Å². The summed E-state index contributed by atoms with van der Waals surface area (Å²) in [5, 5.41) is 29.8. The summed E-state index contributed by atoms with van der Waals surface area (Å²) < 4.78 is 0. The highest BCUT2D eigenvalue weighted by molar-refractivity contribution is 7.99. The fourth-order valence-corrected chi connectivity index (χ4v) is 3.97. The second kappa shape index (κ2) is 9.06. The number of aromatic hydroxyl groups is 1. The highest BCUT2D eigenvalue weighted by Crippen LogP contribution is 2.34. The molecule has 3 rings (SSSR count). The number of hydrogen-bond donors (Lipinski definition) is 2. The maximum atomic E-state index is 12.6. The van der Waals surface area contributed by atoms with Gasteiger partial charge in [0.1, 0.15) is 29.0 Å². The van der Waals surface area contributed by atoms with Crippen LogP contribution < -0.4 is 10.7 Å². The van der Waals surface area contributed by atoms with E-state index in [1.165, 1.54) is 24.3 Å². The predicted octanol–water partition coefficient (Wildman–Crippen LogP) is 4.48. The van der Waals surface area contributed by atoms with Crippen molar-refractivity contribution in [2.24, 2.45) is 0 Å². The summed E-state index contributed by atoms with van der Waals surface area (Å²) in [4.78, 5) is 15.4. The van der Waals surface area contributed by atoms with Crippen LogP contribution in [-0.2, 0) is 0 Å². The number of nitriles is 2. The van der Waals surface area contributed by atoms with Gasteiger partial charge in [0, 0.05) is 11.1 Å². The number of nitrogens with one attached hydrogen (secondary N) is 1. The summed E-state index contributed by atoms with van der Waals surface area (Å²) >= 11 is 12.9. The van der Waals surface area contributed by atoms with E-state index in [9.17, 15) is 20.4 Å². The highest BCUT2D eigenvalue weighted by atomic mass is 35.5. The molecule has 0 spiro atoms. The van der Waals surface area contributed by atoms with Gasteiger partial charge < -0.3 is 5.11 Å². The standard InChI is InChI=1S/C21H12Cl2N4O2S/c22-16-6-3-12(7-17(16)23)18(29)10-30-21-15(9-25)19(14(8-24)20(26)27-21)11-1-4-13(28)5-2-11/h1-7,28H,10H2,(H2,26,27)/p+1. The van der Waals surface area contributed by atoms with E-state index in [4.69, 9.17) is 28.9 Å². The lowest BCUT2D eigenvalue weighted by Gasteiger charge is -2.10. The largest absolute Gasteiger partial charge is 0.508 e. The first-order valence-corrected chi connectivity index (χ1v) is 10.2. The number of H-pyrrole nitrogens is 1. The smallest absolute Gasteiger partial charge is 0.289 e. The molecule has 0 saturated carbocycles. The van der Waals surface area contributed by atoms with E-state index in [1.54, 1.807) is 18.2 Å². The van der Waals surface area contributed by atoms with E-state index in [0.717, 1.165) is 11.8 Å². The van der Waals surface area contributed by atoms with Crippen LogP contribution in [0.25, 0.3) is 11.1 Å². The van der Waals surface area contributed by atoms with Crippen molar-refractivity contribution in [1.29, 1.82) is 10.5 Å². The Hall–Kier alpha value is -3.23. The zero-order valence-corrected chi connectivity index (χ0v) is 17.6. The first kappa shape index (κ1) is 21.5. The number of phenolic OH excluding ortho intramolecular Hbond substituents is 1. The number of nitrogens with zero attached hydrogens (tertiary/aromatic N) is 2. The fourth-order valence-electron chi connectivity index (χ4n) is 2.76. The van der Waals surface area contributed by atoms with Gasteiger partial charge in [-0.05, 0) is 35.9 Å². The van der Waals surface area contributed by atoms with Crippen molar-refractivity contribution in [1.82, 2.24) is 0 Å². The average molecular weight is 456 g/mol. The van der Waals surface area contributed by atoms with Gasteiger partial charge in [0.15, 0.2) is 10.8 Å². The molecule has 3 aromatic rings. The topological polar surface area (TPSA) is 125 Å².